The van der Waals surface area contributed by atoms with Crippen molar-refractivity contribution in [2.45, 2.75) is 76.7 Å². The maximum absolute atomic E-state index is 12.2. The van der Waals surface area contributed by atoms with Gasteiger partial charge in [-0.25, -0.2) is 0 Å². The molecule has 6 fully saturated rings. The van der Waals surface area contributed by atoms with Gasteiger partial charge in [-0.15, -0.1) is 0 Å². The van der Waals surface area contributed by atoms with Gasteiger partial charge < -0.3 is 4.74 Å². The standard InChI is InChI=1S/C25H32O3/c1-24-8-6-17-16-5-4-15(26)10-14(16)11-18(13-2-3-13)22(17)23(24)19-12-20(19)25(24)9-7-21(27)28-25/h10,13,16-20,22-23H,2-9,11-12H2,1H3/t16?,17?,18?,19?,20-,22?,23?,24+,25?/m1/s1. The van der Waals surface area contributed by atoms with E-state index in [1.807, 2.05) is 0 Å². The van der Waals surface area contributed by atoms with Crippen molar-refractivity contribution in [1.29, 1.82) is 0 Å². The molecule has 3 heteroatoms. The Kier molecular flexibility index (Phi) is 3.05. The Hall–Kier alpha value is -1.12. The molecule has 5 saturated carbocycles. The van der Waals surface area contributed by atoms with E-state index in [0.717, 1.165) is 54.8 Å². The van der Waals surface area contributed by atoms with Crippen LogP contribution in [0.2, 0.25) is 0 Å². The first-order valence-electron chi connectivity index (χ1n) is 12.0. The zero-order chi connectivity index (χ0) is 18.8. The van der Waals surface area contributed by atoms with Gasteiger partial charge in [0.25, 0.3) is 0 Å². The summed E-state index contributed by atoms with van der Waals surface area (Å²) in [5.41, 5.74) is 1.59. The van der Waals surface area contributed by atoms with Gasteiger partial charge in [0.15, 0.2) is 5.78 Å². The summed E-state index contributed by atoms with van der Waals surface area (Å²) in [5.74, 6) is 6.60. The quantitative estimate of drug-likeness (QED) is 0.620. The largest absolute Gasteiger partial charge is 0.458 e. The van der Waals surface area contributed by atoms with E-state index in [1.165, 1.54) is 44.1 Å². The Morgan fingerprint density at radius 1 is 1.00 bits per heavy atom. The monoisotopic (exact) mass is 380 g/mol. The molecular formula is C25H32O3. The van der Waals surface area contributed by atoms with Crippen LogP contribution in [-0.2, 0) is 14.3 Å². The van der Waals surface area contributed by atoms with Crippen LogP contribution in [0.4, 0.5) is 0 Å². The highest BCUT2D eigenvalue weighted by atomic mass is 16.6. The van der Waals surface area contributed by atoms with Gasteiger partial charge in [0.1, 0.15) is 5.60 Å². The molecule has 0 aromatic carbocycles. The fourth-order valence-electron chi connectivity index (χ4n) is 9.63. The number of ether oxygens (including phenoxy) is 1. The lowest BCUT2D eigenvalue weighted by atomic mass is 9.46. The lowest BCUT2D eigenvalue weighted by Gasteiger charge is -2.59. The predicted molar refractivity (Wildman–Crippen MR) is 104 cm³/mol. The van der Waals surface area contributed by atoms with Gasteiger partial charge in [-0.3, -0.25) is 9.59 Å². The molecule has 7 aliphatic rings. The molecule has 1 aliphatic heterocycles. The average molecular weight is 381 g/mol. The van der Waals surface area contributed by atoms with E-state index in [-0.39, 0.29) is 17.0 Å². The molecular weight excluding hydrogens is 348 g/mol. The average Bonchev–Trinajstić information content (AvgIpc) is 3.59. The van der Waals surface area contributed by atoms with Gasteiger partial charge in [-0.2, -0.15) is 0 Å². The molecule has 7 rings (SSSR count). The molecule has 0 amide bonds. The minimum atomic E-state index is -0.128. The van der Waals surface area contributed by atoms with Crippen molar-refractivity contribution < 1.29 is 14.3 Å². The normalized spacial score (nSPS) is 56.5. The Labute approximate surface area is 167 Å². The van der Waals surface area contributed by atoms with Crippen LogP contribution in [0.25, 0.3) is 0 Å². The molecule has 150 valence electrons. The van der Waals surface area contributed by atoms with Crippen LogP contribution in [0, 0.1) is 52.8 Å². The smallest absolute Gasteiger partial charge is 0.306 e. The highest BCUT2D eigenvalue weighted by molar-refractivity contribution is 5.91. The van der Waals surface area contributed by atoms with E-state index in [0.29, 0.717) is 24.0 Å². The van der Waals surface area contributed by atoms with Gasteiger partial charge in [0.05, 0.1) is 0 Å². The molecule has 28 heavy (non-hydrogen) atoms. The molecule has 6 aliphatic carbocycles. The zero-order valence-electron chi connectivity index (χ0n) is 17.0. The molecule has 0 aromatic heterocycles. The van der Waals surface area contributed by atoms with Gasteiger partial charge in [-0.05, 0) is 98.9 Å². The van der Waals surface area contributed by atoms with E-state index < -0.39 is 0 Å². The van der Waals surface area contributed by atoms with Crippen LogP contribution in [0.1, 0.15) is 71.1 Å². The number of hydrogen-bond donors (Lipinski definition) is 0. The molecule has 3 nitrogen and oxygen atoms in total. The van der Waals surface area contributed by atoms with E-state index in [4.69, 9.17) is 4.74 Å². The van der Waals surface area contributed by atoms with Crippen molar-refractivity contribution in [3.63, 3.8) is 0 Å². The Bertz CT molecular complexity index is 809. The summed E-state index contributed by atoms with van der Waals surface area (Å²) in [6.45, 7) is 2.51. The van der Waals surface area contributed by atoms with Crippen molar-refractivity contribution in [2.24, 2.45) is 52.8 Å². The van der Waals surface area contributed by atoms with Crippen LogP contribution in [0.5, 0.6) is 0 Å². The number of carbonyl (C=O) groups is 2. The topological polar surface area (TPSA) is 43.4 Å². The van der Waals surface area contributed by atoms with Crippen LogP contribution in [-0.4, -0.2) is 17.4 Å². The van der Waals surface area contributed by atoms with Gasteiger partial charge >= 0.3 is 5.97 Å². The number of hydrogen-bond acceptors (Lipinski definition) is 3. The zero-order valence-corrected chi connectivity index (χ0v) is 17.0. The van der Waals surface area contributed by atoms with Crippen molar-refractivity contribution in [2.75, 3.05) is 0 Å². The van der Waals surface area contributed by atoms with Crippen molar-refractivity contribution in [3.8, 4) is 0 Å². The maximum atomic E-state index is 12.2. The minimum Gasteiger partial charge on any atom is -0.458 e. The van der Waals surface area contributed by atoms with E-state index in [9.17, 15) is 9.59 Å². The summed E-state index contributed by atoms with van der Waals surface area (Å²) < 4.78 is 6.25. The SMILES string of the molecule is C[C@]12CCC3C4CCC(=O)C=C4CC(C4CC4)C3C1C1C[C@H]1C21CCC(=O)O1. The lowest BCUT2D eigenvalue weighted by Crippen LogP contribution is -2.57. The Morgan fingerprint density at radius 2 is 1.86 bits per heavy atom. The summed E-state index contributed by atoms with van der Waals surface area (Å²) in [7, 11) is 0. The molecule has 1 saturated heterocycles. The number of esters is 1. The van der Waals surface area contributed by atoms with E-state index in [2.05, 4.69) is 13.0 Å². The fraction of sp³-hybridized carbons (Fsp3) is 0.840. The lowest BCUT2D eigenvalue weighted by molar-refractivity contribution is -0.177. The van der Waals surface area contributed by atoms with Crippen molar-refractivity contribution >= 4 is 11.8 Å². The van der Waals surface area contributed by atoms with Crippen LogP contribution in [0.3, 0.4) is 0 Å². The number of rotatable bonds is 1. The number of carbonyl (C=O) groups excluding carboxylic acids is 2. The van der Waals surface area contributed by atoms with Crippen molar-refractivity contribution in [3.05, 3.63) is 11.6 Å². The molecule has 0 bridgehead atoms. The first kappa shape index (κ1) is 16.7. The van der Waals surface area contributed by atoms with Crippen LogP contribution in [0.15, 0.2) is 11.6 Å². The summed E-state index contributed by atoms with van der Waals surface area (Å²) in [6, 6.07) is 0. The summed E-state index contributed by atoms with van der Waals surface area (Å²) >= 11 is 0. The minimum absolute atomic E-state index is 0.0630. The van der Waals surface area contributed by atoms with Crippen LogP contribution >= 0.6 is 0 Å². The number of ketones is 1. The van der Waals surface area contributed by atoms with Gasteiger partial charge in [0, 0.05) is 24.2 Å². The first-order valence-corrected chi connectivity index (χ1v) is 12.0. The summed E-state index contributed by atoms with van der Waals surface area (Å²) in [6.07, 6.45) is 13.4. The summed E-state index contributed by atoms with van der Waals surface area (Å²) in [5, 5.41) is 0. The predicted octanol–water partition coefficient (Wildman–Crippen LogP) is 4.70. The Morgan fingerprint density at radius 3 is 2.61 bits per heavy atom. The fourth-order valence-corrected chi connectivity index (χ4v) is 9.63. The third kappa shape index (κ3) is 1.88. The maximum Gasteiger partial charge on any atom is 0.306 e. The molecule has 1 heterocycles. The number of allylic oxidation sites excluding steroid dienone is 1. The molecule has 1 spiro atoms. The van der Waals surface area contributed by atoms with E-state index in [1.54, 1.807) is 0 Å². The van der Waals surface area contributed by atoms with Crippen LogP contribution < -0.4 is 0 Å². The second kappa shape index (κ2) is 5.13. The number of fused-ring (bicyclic) bond motifs is 9. The molecule has 0 aromatic rings. The molecule has 7 unspecified atom stereocenters. The van der Waals surface area contributed by atoms with Gasteiger partial charge in [0.2, 0.25) is 0 Å². The second-order valence-corrected chi connectivity index (χ2v) is 11.6. The van der Waals surface area contributed by atoms with Crippen molar-refractivity contribution in [1.82, 2.24) is 0 Å². The molecule has 0 N–H and O–H groups in total. The third-order valence-corrected chi connectivity index (χ3v) is 10.7. The first-order chi connectivity index (χ1) is 13.5. The second-order valence-electron chi connectivity index (χ2n) is 11.6. The van der Waals surface area contributed by atoms with E-state index >= 15 is 0 Å². The Balaban J connectivity index is 1.32. The van der Waals surface area contributed by atoms with Gasteiger partial charge in [-0.1, -0.05) is 12.5 Å². The highest BCUT2D eigenvalue weighted by Gasteiger charge is 2.79. The molecule has 9 atom stereocenters. The summed E-state index contributed by atoms with van der Waals surface area (Å²) in [4.78, 5) is 24.3. The highest BCUT2D eigenvalue weighted by Crippen LogP contribution is 2.79. The third-order valence-electron chi connectivity index (χ3n) is 10.7. The molecule has 0 radical (unpaired) electrons.